The maximum atomic E-state index is 13.3. The summed E-state index contributed by atoms with van der Waals surface area (Å²) in [6.07, 6.45) is 5.30. The Kier molecular flexibility index (Phi) is 7.42. The van der Waals surface area contributed by atoms with Crippen molar-refractivity contribution in [1.29, 1.82) is 0 Å². The van der Waals surface area contributed by atoms with E-state index in [-0.39, 0.29) is 30.4 Å². The number of furan rings is 1. The summed E-state index contributed by atoms with van der Waals surface area (Å²) in [6.45, 7) is 6.74. The van der Waals surface area contributed by atoms with Gasteiger partial charge in [-0.15, -0.1) is 0 Å². The topological polar surface area (TPSA) is 75.0 Å². The summed E-state index contributed by atoms with van der Waals surface area (Å²) in [5.41, 5.74) is 4.69. The van der Waals surface area contributed by atoms with E-state index in [1.807, 2.05) is 6.07 Å². The Hall–Kier alpha value is -3.58. The van der Waals surface area contributed by atoms with Crippen LogP contribution in [0.5, 0.6) is 5.75 Å². The van der Waals surface area contributed by atoms with Crippen LogP contribution in [0.3, 0.4) is 0 Å². The van der Waals surface area contributed by atoms with Crippen molar-refractivity contribution in [2.45, 2.75) is 51.7 Å². The minimum atomic E-state index is -0.199. The second-order valence-corrected chi connectivity index (χ2v) is 11.1. The van der Waals surface area contributed by atoms with Crippen molar-refractivity contribution in [2.75, 3.05) is 32.7 Å². The van der Waals surface area contributed by atoms with Crippen molar-refractivity contribution >= 4 is 11.8 Å². The number of fused-ring (bicyclic) bond motifs is 1. The van der Waals surface area contributed by atoms with Crippen molar-refractivity contribution < 1.29 is 18.7 Å². The van der Waals surface area contributed by atoms with Crippen LogP contribution in [0.2, 0.25) is 0 Å². The fraction of sp³-hybridized carbons (Fsp3) is 0.438. The lowest BCUT2D eigenvalue weighted by Crippen LogP contribution is -2.41. The van der Waals surface area contributed by atoms with Gasteiger partial charge in [-0.1, -0.05) is 35.9 Å². The lowest BCUT2D eigenvalue weighted by Gasteiger charge is -2.38. The maximum absolute atomic E-state index is 13.3. The molecule has 1 aromatic heterocycles. The van der Waals surface area contributed by atoms with Crippen LogP contribution in [0.1, 0.15) is 70.3 Å². The highest BCUT2D eigenvalue weighted by atomic mass is 16.5. The van der Waals surface area contributed by atoms with Crippen LogP contribution in [-0.2, 0) is 17.8 Å². The van der Waals surface area contributed by atoms with E-state index in [1.54, 1.807) is 12.1 Å². The average Bonchev–Trinajstić information content (AvgIpc) is 3.46. The first-order valence-electron chi connectivity index (χ1n) is 14.3. The molecule has 3 heterocycles. The molecular formula is C32H37N3O4. The molecule has 204 valence electrons. The largest absolute Gasteiger partial charge is 0.486 e. The highest BCUT2D eigenvalue weighted by Gasteiger charge is 2.39. The summed E-state index contributed by atoms with van der Waals surface area (Å²) in [6, 6.07) is 18.0. The Morgan fingerprint density at radius 2 is 1.79 bits per heavy atom. The Balaban J connectivity index is 1.13. The standard InChI is InChI=1S/C32H37N3O4/c1-22-4-6-24(7-5-22)30-28-20-26(11-10-23(28)14-18-35(30)32(37)25-8-9-25)38-21-27-12-13-29(39-27)31(36)33-15-19-34-16-2-3-17-34/h4-7,10-13,20,25,30H,2-3,8-9,14-19,21H2,1H3,(H,33,36)/t30-/m0/s1. The third-order valence-corrected chi connectivity index (χ3v) is 8.13. The molecule has 6 rings (SSSR count). The zero-order valence-corrected chi connectivity index (χ0v) is 22.7. The van der Waals surface area contributed by atoms with E-state index in [0.29, 0.717) is 18.1 Å². The summed E-state index contributed by atoms with van der Waals surface area (Å²) in [4.78, 5) is 30.2. The van der Waals surface area contributed by atoms with Crippen LogP contribution in [0.4, 0.5) is 0 Å². The number of hydrogen-bond donors (Lipinski definition) is 1. The molecule has 2 fully saturated rings. The van der Waals surface area contributed by atoms with Crippen LogP contribution in [0, 0.1) is 12.8 Å². The number of benzene rings is 2. The van der Waals surface area contributed by atoms with Gasteiger partial charge in [-0.05, 0) is 93.1 Å². The van der Waals surface area contributed by atoms with Gasteiger partial charge in [0.2, 0.25) is 5.91 Å². The Morgan fingerprint density at radius 1 is 1.00 bits per heavy atom. The predicted octanol–water partition coefficient (Wildman–Crippen LogP) is 4.88. The highest BCUT2D eigenvalue weighted by molar-refractivity contribution is 5.91. The summed E-state index contributed by atoms with van der Waals surface area (Å²) in [7, 11) is 0. The van der Waals surface area contributed by atoms with Crippen LogP contribution in [-0.4, -0.2) is 54.3 Å². The van der Waals surface area contributed by atoms with Gasteiger partial charge in [0.1, 0.15) is 18.1 Å². The molecule has 7 heteroatoms. The van der Waals surface area contributed by atoms with Crippen LogP contribution >= 0.6 is 0 Å². The van der Waals surface area contributed by atoms with E-state index in [0.717, 1.165) is 62.3 Å². The minimum Gasteiger partial charge on any atom is -0.486 e. The molecule has 1 atom stereocenters. The molecular weight excluding hydrogens is 490 g/mol. The number of nitrogens with one attached hydrogen (secondary N) is 1. The van der Waals surface area contributed by atoms with E-state index >= 15 is 0 Å². The Labute approximate surface area is 230 Å². The van der Waals surface area contributed by atoms with Crippen molar-refractivity contribution in [1.82, 2.24) is 15.1 Å². The SMILES string of the molecule is Cc1ccc([C@H]2c3cc(OCc4ccc(C(=O)NCCN5CCCC5)o4)ccc3CCN2C(=O)C2CC2)cc1. The Morgan fingerprint density at radius 3 is 2.56 bits per heavy atom. The molecule has 0 spiro atoms. The van der Waals surface area contributed by atoms with Gasteiger partial charge in [-0.25, -0.2) is 0 Å². The molecule has 7 nitrogen and oxygen atoms in total. The number of carbonyl (C=O) groups is 2. The number of ether oxygens (including phenoxy) is 1. The number of nitrogens with zero attached hydrogens (tertiary/aromatic N) is 2. The number of rotatable bonds is 9. The summed E-state index contributed by atoms with van der Waals surface area (Å²) < 4.78 is 11.9. The molecule has 2 aromatic carbocycles. The van der Waals surface area contributed by atoms with Crippen molar-refractivity contribution in [3.63, 3.8) is 0 Å². The second kappa shape index (κ2) is 11.3. The number of likely N-dealkylation sites (tertiary alicyclic amines) is 1. The van der Waals surface area contributed by atoms with Gasteiger partial charge in [0.15, 0.2) is 5.76 Å². The van der Waals surface area contributed by atoms with Gasteiger partial charge >= 0.3 is 0 Å². The molecule has 1 aliphatic carbocycles. The maximum Gasteiger partial charge on any atom is 0.287 e. The third kappa shape index (κ3) is 5.88. The molecule has 0 radical (unpaired) electrons. The van der Waals surface area contributed by atoms with Gasteiger partial charge in [0.05, 0.1) is 6.04 Å². The smallest absolute Gasteiger partial charge is 0.287 e. The molecule has 1 N–H and O–H groups in total. The number of aryl methyl sites for hydroxylation is 1. The third-order valence-electron chi connectivity index (χ3n) is 8.13. The first kappa shape index (κ1) is 25.7. The van der Waals surface area contributed by atoms with Gasteiger partial charge < -0.3 is 24.3 Å². The van der Waals surface area contributed by atoms with Gasteiger partial charge in [0, 0.05) is 25.6 Å². The van der Waals surface area contributed by atoms with E-state index in [2.05, 4.69) is 58.4 Å². The second-order valence-electron chi connectivity index (χ2n) is 11.1. The Bertz CT molecular complexity index is 1320. The monoisotopic (exact) mass is 527 g/mol. The van der Waals surface area contributed by atoms with E-state index < -0.39 is 0 Å². The fourth-order valence-electron chi connectivity index (χ4n) is 5.75. The van der Waals surface area contributed by atoms with E-state index in [1.165, 1.54) is 24.0 Å². The summed E-state index contributed by atoms with van der Waals surface area (Å²) in [5, 5.41) is 2.95. The number of hydrogen-bond acceptors (Lipinski definition) is 5. The quantitative estimate of drug-likeness (QED) is 0.430. The molecule has 39 heavy (non-hydrogen) atoms. The molecule has 2 aliphatic heterocycles. The molecule has 1 saturated carbocycles. The molecule has 0 unspecified atom stereocenters. The molecule has 0 bridgehead atoms. The van der Waals surface area contributed by atoms with Crippen molar-refractivity contribution in [3.05, 3.63) is 88.4 Å². The van der Waals surface area contributed by atoms with Crippen LogP contribution in [0.25, 0.3) is 0 Å². The van der Waals surface area contributed by atoms with Crippen molar-refractivity contribution in [3.8, 4) is 5.75 Å². The van der Waals surface area contributed by atoms with Crippen LogP contribution in [0.15, 0.2) is 59.0 Å². The summed E-state index contributed by atoms with van der Waals surface area (Å²) in [5.74, 6) is 1.85. The summed E-state index contributed by atoms with van der Waals surface area (Å²) >= 11 is 0. The van der Waals surface area contributed by atoms with Crippen LogP contribution < -0.4 is 10.1 Å². The zero-order valence-electron chi connectivity index (χ0n) is 22.7. The lowest BCUT2D eigenvalue weighted by molar-refractivity contribution is -0.134. The lowest BCUT2D eigenvalue weighted by atomic mass is 9.87. The molecule has 2 amide bonds. The minimum absolute atomic E-state index is 0.120. The molecule has 1 saturated heterocycles. The number of amides is 2. The first-order valence-corrected chi connectivity index (χ1v) is 14.3. The highest BCUT2D eigenvalue weighted by Crippen LogP contribution is 2.41. The number of carbonyl (C=O) groups excluding carboxylic acids is 2. The first-order chi connectivity index (χ1) is 19.0. The average molecular weight is 528 g/mol. The normalized spacial score (nSPS) is 19.1. The predicted molar refractivity (Wildman–Crippen MR) is 149 cm³/mol. The van der Waals surface area contributed by atoms with E-state index in [9.17, 15) is 9.59 Å². The van der Waals surface area contributed by atoms with Gasteiger partial charge in [-0.2, -0.15) is 0 Å². The molecule has 3 aliphatic rings. The van der Waals surface area contributed by atoms with Crippen molar-refractivity contribution in [2.24, 2.45) is 5.92 Å². The van der Waals surface area contributed by atoms with E-state index in [4.69, 9.17) is 9.15 Å². The van der Waals surface area contributed by atoms with Gasteiger partial charge in [0.25, 0.3) is 5.91 Å². The zero-order chi connectivity index (χ0) is 26.8. The van der Waals surface area contributed by atoms with Gasteiger partial charge in [-0.3, -0.25) is 9.59 Å². The fourth-order valence-corrected chi connectivity index (χ4v) is 5.75. The molecule has 3 aromatic rings.